The Morgan fingerprint density at radius 1 is 1.19 bits per heavy atom. The summed E-state index contributed by atoms with van der Waals surface area (Å²) in [5, 5.41) is 17.1. The number of nitriles is 1. The van der Waals surface area contributed by atoms with E-state index in [1.165, 1.54) is 30.5 Å². The summed E-state index contributed by atoms with van der Waals surface area (Å²) in [4.78, 5) is 15.1. The van der Waals surface area contributed by atoms with E-state index in [1.54, 1.807) is 10.7 Å². The number of rotatable bonds is 8. The number of alkyl halides is 3. The van der Waals surface area contributed by atoms with E-state index < -0.39 is 22.2 Å². The zero-order chi connectivity index (χ0) is 26.4. The van der Waals surface area contributed by atoms with Gasteiger partial charge in [0.2, 0.25) is 10.0 Å². The molecule has 3 aromatic rings. The van der Waals surface area contributed by atoms with Crippen LogP contribution < -0.4 is 10.9 Å². The Hall–Kier alpha value is -3.37. The molecule has 2 N–H and O–H groups in total. The fourth-order valence-corrected chi connectivity index (χ4v) is 6.71. The lowest BCUT2D eigenvalue weighted by Crippen LogP contribution is -2.44. The average molecular weight is 535 g/mol. The number of hydrogen-bond donors (Lipinski definition) is 2. The molecule has 1 saturated carbocycles. The molecule has 0 amide bonds. The topological polar surface area (TPSA) is 124 Å². The van der Waals surface area contributed by atoms with Crippen molar-refractivity contribution < 1.29 is 21.6 Å². The number of nitrogens with zero attached hydrogens (tertiary/aromatic N) is 4. The molecule has 0 radical (unpaired) electrons. The van der Waals surface area contributed by atoms with Crippen LogP contribution in [0.2, 0.25) is 0 Å². The molecular formula is C24H25F3N6O3S. The Morgan fingerprint density at radius 3 is 2.57 bits per heavy atom. The van der Waals surface area contributed by atoms with Crippen molar-refractivity contribution in [2.24, 2.45) is 5.92 Å². The highest BCUT2D eigenvalue weighted by atomic mass is 32.2. The molecule has 5 rings (SSSR count). The molecule has 1 aliphatic heterocycles. The maximum atomic E-state index is 13.3. The van der Waals surface area contributed by atoms with E-state index in [2.05, 4.69) is 21.5 Å². The van der Waals surface area contributed by atoms with Gasteiger partial charge >= 0.3 is 6.18 Å². The summed E-state index contributed by atoms with van der Waals surface area (Å²) >= 11 is 0. The third-order valence-corrected chi connectivity index (χ3v) is 8.89. The average Bonchev–Trinajstić information content (AvgIpc) is 3.42. The van der Waals surface area contributed by atoms with Gasteiger partial charge in [0, 0.05) is 24.8 Å². The van der Waals surface area contributed by atoms with Crippen molar-refractivity contribution in [3.63, 3.8) is 0 Å². The SMILES string of the molecule is N#CCCC(C1CC1)n1nc(Nc2ccc(S(=O)(=O)N3CCCC3C(F)(F)F)cc2)c2c(=O)[nH]ccc21. The third kappa shape index (κ3) is 4.83. The van der Waals surface area contributed by atoms with Crippen LogP contribution in [0, 0.1) is 17.2 Å². The molecule has 2 fully saturated rings. The first-order chi connectivity index (χ1) is 17.6. The van der Waals surface area contributed by atoms with Crippen molar-refractivity contribution in [2.45, 2.75) is 61.7 Å². The molecule has 1 aromatic carbocycles. The summed E-state index contributed by atoms with van der Waals surface area (Å²) in [6.45, 7) is -0.188. The minimum Gasteiger partial charge on any atom is -0.338 e. The lowest BCUT2D eigenvalue weighted by atomic mass is 10.1. The lowest BCUT2D eigenvalue weighted by Gasteiger charge is -2.25. The second-order valence-electron chi connectivity index (χ2n) is 9.43. The third-order valence-electron chi connectivity index (χ3n) is 6.97. The smallest absolute Gasteiger partial charge is 0.338 e. The maximum Gasteiger partial charge on any atom is 0.405 e. The van der Waals surface area contributed by atoms with Gasteiger partial charge in [0.25, 0.3) is 5.56 Å². The van der Waals surface area contributed by atoms with E-state index in [0.717, 1.165) is 12.8 Å². The van der Waals surface area contributed by atoms with Crippen LogP contribution in [-0.4, -0.2) is 46.3 Å². The molecule has 0 spiro atoms. The molecule has 9 nitrogen and oxygen atoms in total. The number of anilines is 2. The molecular weight excluding hydrogens is 509 g/mol. The molecule has 0 bridgehead atoms. The number of sulfonamides is 1. The van der Waals surface area contributed by atoms with Gasteiger partial charge in [-0.3, -0.25) is 9.48 Å². The minimum atomic E-state index is -4.64. The number of fused-ring (bicyclic) bond motifs is 1. The molecule has 3 heterocycles. The van der Waals surface area contributed by atoms with Crippen molar-refractivity contribution in [2.75, 3.05) is 11.9 Å². The van der Waals surface area contributed by atoms with Crippen LogP contribution in [0.3, 0.4) is 0 Å². The summed E-state index contributed by atoms with van der Waals surface area (Å²) < 4.78 is 68.2. The van der Waals surface area contributed by atoms with Crippen LogP contribution in [0.5, 0.6) is 0 Å². The van der Waals surface area contributed by atoms with Gasteiger partial charge in [0.1, 0.15) is 11.4 Å². The number of nitrogens with one attached hydrogen (secondary N) is 2. The molecule has 2 aromatic heterocycles. The quantitative estimate of drug-likeness (QED) is 0.440. The number of H-pyrrole nitrogens is 1. The maximum absolute atomic E-state index is 13.3. The van der Waals surface area contributed by atoms with E-state index in [1.807, 2.05) is 0 Å². The second kappa shape index (κ2) is 9.50. The molecule has 196 valence electrons. The van der Waals surface area contributed by atoms with Crippen molar-refractivity contribution in [1.29, 1.82) is 5.26 Å². The van der Waals surface area contributed by atoms with Crippen LogP contribution in [0.25, 0.3) is 10.9 Å². The van der Waals surface area contributed by atoms with Gasteiger partial charge in [-0.25, -0.2) is 8.42 Å². The van der Waals surface area contributed by atoms with Crippen LogP contribution in [0.1, 0.15) is 44.6 Å². The predicted molar refractivity (Wildman–Crippen MR) is 130 cm³/mol. The van der Waals surface area contributed by atoms with E-state index >= 15 is 0 Å². The van der Waals surface area contributed by atoms with Gasteiger partial charge in [-0.1, -0.05) is 0 Å². The number of aromatic amines is 1. The Balaban J connectivity index is 1.44. The van der Waals surface area contributed by atoms with Crippen LogP contribution in [-0.2, 0) is 10.0 Å². The first-order valence-electron chi connectivity index (χ1n) is 12.0. The highest BCUT2D eigenvalue weighted by molar-refractivity contribution is 7.89. The normalized spacial score (nSPS) is 19.7. The van der Waals surface area contributed by atoms with E-state index in [0.29, 0.717) is 39.7 Å². The first-order valence-corrected chi connectivity index (χ1v) is 13.5. The van der Waals surface area contributed by atoms with Gasteiger partial charge < -0.3 is 10.3 Å². The number of benzene rings is 1. The highest BCUT2D eigenvalue weighted by Gasteiger charge is 2.50. The van der Waals surface area contributed by atoms with Gasteiger partial charge in [0.15, 0.2) is 5.82 Å². The van der Waals surface area contributed by atoms with Crippen molar-refractivity contribution in [1.82, 2.24) is 19.1 Å². The van der Waals surface area contributed by atoms with Crippen molar-refractivity contribution in [3.8, 4) is 6.07 Å². The molecule has 2 unspecified atom stereocenters. The summed E-state index contributed by atoms with van der Waals surface area (Å²) in [6.07, 6.45) is -0.219. The molecule has 13 heteroatoms. The summed E-state index contributed by atoms with van der Waals surface area (Å²) in [5.74, 6) is 0.644. The molecule has 37 heavy (non-hydrogen) atoms. The fraction of sp³-hybridized carbons (Fsp3) is 0.458. The monoisotopic (exact) mass is 534 g/mol. The largest absolute Gasteiger partial charge is 0.405 e. The van der Waals surface area contributed by atoms with E-state index in [4.69, 9.17) is 5.26 Å². The molecule has 2 aliphatic rings. The lowest BCUT2D eigenvalue weighted by molar-refractivity contribution is -0.165. The standard InChI is InChI=1S/C24H25F3N6O3S/c25-24(26,27)20-4-2-14-32(20)37(35,36)17-9-7-16(8-10-17)30-22-21-19(11-13-29-23(21)34)33(31-22)18(3-1-12-28)15-5-6-15/h7-11,13,15,18,20H,1-6,14H2,(H,29,34)(H,30,31). The number of halogens is 3. The Labute approximate surface area is 210 Å². The van der Waals surface area contributed by atoms with E-state index in [-0.39, 0.29) is 41.7 Å². The Bertz CT molecular complexity index is 1500. The summed E-state index contributed by atoms with van der Waals surface area (Å²) in [5.41, 5.74) is 0.683. The zero-order valence-electron chi connectivity index (χ0n) is 19.7. The first kappa shape index (κ1) is 25.3. The minimum absolute atomic E-state index is 0.0333. The molecule has 1 saturated heterocycles. The highest BCUT2D eigenvalue weighted by Crippen LogP contribution is 2.43. The fourth-order valence-electron chi connectivity index (χ4n) is 5.03. The van der Waals surface area contributed by atoms with Gasteiger partial charge in [-0.05, 0) is 68.4 Å². The van der Waals surface area contributed by atoms with Crippen LogP contribution in [0.4, 0.5) is 24.7 Å². The molecule has 2 atom stereocenters. The molecule has 1 aliphatic carbocycles. The van der Waals surface area contributed by atoms with Crippen LogP contribution >= 0.6 is 0 Å². The number of aromatic nitrogens is 3. The number of hydrogen-bond acceptors (Lipinski definition) is 6. The van der Waals surface area contributed by atoms with E-state index in [9.17, 15) is 26.4 Å². The Morgan fingerprint density at radius 2 is 1.92 bits per heavy atom. The van der Waals surface area contributed by atoms with Crippen molar-refractivity contribution >= 4 is 32.4 Å². The van der Waals surface area contributed by atoms with Gasteiger partial charge in [-0.15, -0.1) is 0 Å². The predicted octanol–water partition coefficient (Wildman–Crippen LogP) is 4.44. The van der Waals surface area contributed by atoms with Gasteiger partial charge in [0.05, 0.1) is 22.5 Å². The van der Waals surface area contributed by atoms with Crippen LogP contribution in [0.15, 0.2) is 46.2 Å². The second-order valence-corrected chi connectivity index (χ2v) is 11.3. The van der Waals surface area contributed by atoms with Gasteiger partial charge in [-0.2, -0.15) is 27.8 Å². The zero-order valence-corrected chi connectivity index (χ0v) is 20.5. The summed E-state index contributed by atoms with van der Waals surface area (Å²) in [7, 11) is -4.34. The summed E-state index contributed by atoms with van der Waals surface area (Å²) in [6, 6.07) is 7.20. The van der Waals surface area contributed by atoms with Crippen molar-refractivity contribution in [3.05, 3.63) is 46.9 Å². The Kier molecular flexibility index (Phi) is 6.49. The number of pyridine rings is 1.